The zero-order valence-electron chi connectivity index (χ0n) is 13.9. The standard InChI is InChI=1S/C18H28N2O.ClH/c1-4-15(3)20(13-16-8-6-5-7-9-16)18(21)17-10-11-19-14(2)12-17;/h5-9,14-15,17,19H,4,10-13H2,1-3H3;1H/t14-,15?,17-;/m0./s1. The van der Waals surface area contributed by atoms with E-state index in [1.54, 1.807) is 0 Å². The van der Waals surface area contributed by atoms with E-state index in [1.165, 1.54) is 5.56 Å². The van der Waals surface area contributed by atoms with Crippen molar-refractivity contribution >= 4 is 18.3 Å². The molecule has 1 aliphatic rings. The summed E-state index contributed by atoms with van der Waals surface area (Å²) in [5, 5.41) is 3.43. The second-order valence-corrected chi connectivity index (χ2v) is 6.29. The maximum Gasteiger partial charge on any atom is 0.226 e. The van der Waals surface area contributed by atoms with Crippen molar-refractivity contribution in [1.29, 1.82) is 0 Å². The highest BCUT2D eigenvalue weighted by atomic mass is 35.5. The summed E-state index contributed by atoms with van der Waals surface area (Å²) in [6.07, 6.45) is 2.92. The molecule has 0 saturated carbocycles. The van der Waals surface area contributed by atoms with Gasteiger partial charge >= 0.3 is 0 Å². The lowest BCUT2D eigenvalue weighted by molar-refractivity contribution is -0.139. The number of hydrogen-bond acceptors (Lipinski definition) is 2. The van der Waals surface area contributed by atoms with Crippen molar-refractivity contribution in [2.75, 3.05) is 6.54 Å². The number of nitrogens with zero attached hydrogens (tertiary/aromatic N) is 1. The minimum absolute atomic E-state index is 0. The van der Waals surface area contributed by atoms with Gasteiger partial charge in [0.25, 0.3) is 0 Å². The molecule has 0 bridgehead atoms. The highest BCUT2D eigenvalue weighted by Gasteiger charge is 2.30. The third kappa shape index (κ3) is 4.99. The fraction of sp³-hybridized carbons (Fsp3) is 0.611. The summed E-state index contributed by atoms with van der Waals surface area (Å²) in [5.74, 6) is 0.514. The van der Waals surface area contributed by atoms with Crippen molar-refractivity contribution in [2.45, 2.75) is 58.7 Å². The SMILES string of the molecule is CCC(C)N(Cc1ccccc1)C(=O)[C@H]1CCN[C@@H](C)C1.Cl. The molecule has 1 aromatic rings. The summed E-state index contributed by atoms with van der Waals surface area (Å²) in [7, 11) is 0. The van der Waals surface area contributed by atoms with E-state index in [9.17, 15) is 4.79 Å². The second kappa shape index (κ2) is 9.16. The van der Waals surface area contributed by atoms with E-state index in [1.807, 2.05) is 18.2 Å². The molecule has 1 fully saturated rings. The summed E-state index contributed by atoms with van der Waals surface area (Å²) in [6, 6.07) is 11.1. The van der Waals surface area contributed by atoms with Crippen LogP contribution in [-0.2, 0) is 11.3 Å². The van der Waals surface area contributed by atoms with E-state index < -0.39 is 0 Å². The molecule has 2 rings (SSSR count). The van der Waals surface area contributed by atoms with Crippen molar-refractivity contribution in [2.24, 2.45) is 5.92 Å². The Kier molecular flexibility index (Phi) is 7.91. The Morgan fingerprint density at radius 3 is 2.64 bits per heavy atom. The van der Waals surface area contributed by atoms with Crippen LogP contribution < -0.4 is 5.32 Å². The Morgan fingerprint density at radius 1 is 1.36 bits per heavy atom. The van der Waals surface area contributed by atoms with E-state index in [0.29, 0.717) is 18.0 Å². The number of carbonyl (C=O) groups is 1. The number of hydrogen-bond donors (Lipinski definition) is 1. The molecule has 3 atom stereocenters. The Labute approximate surface area is 140 Å². The first-order valence-corrected chi connectivity index (χ1v) is 8.19. The Morgan fingerprint density at radius 2 is 2.05 bits per heavy atom. The molecule has 3 nitrogen and oxygen atoms in total. The lowest BCUT2D eigenvalue weighted by Crippen LogP contribution is -2.46. The van der Waals surface area contributed by atoms with Gasteiger partial charge in [0.15, 0.2) is 0 Å². The van der Waals surface area contributed by atoms with Gasteiger partial charge in [-0.15, -0.1) is 12.4 Å². The van der Waals surface area contributed by atoms with Crippen molar-refractivity contribution in [3.8, 4) is 0 Å². The summed E-state index contributed by atoms with van der Waals surface area (Å²) >= 11 is 0. The first-order valence-electron chi connectivity index (χ1n) is 8.19. The van der Waals surface area contributed by atoms with Gasteiger partial charge in [-0.25, -0.2) is 0 Å². The van der Waals surface area contributed by atoms with Crippen LogP contribution >= 0.6 is 12.4 Å². The lowest BCUT2D eigenvalue weighted by atomic mass is 9.91. The quantitative estimate of drug-likeness (QED) is 0.897. The topological polar surface area (TPSA) is 32.3 Å². The fourth-order valence-corrected chi connectivity index (χ4v) is 3.04. The highest BCUT2D eigenvalue weighted by molar-refractivity contribution is 5.85. The van der Waals surface area contributed by atoms with E-state index in [4.69, 9.17) is 0 Å². The number of rotatable bonds is 5. The zero-order chi connectivity index (χ0) is 15.2. The number of amides is 1. The monoisotopic (exact) mass is 324 g/mol. The summed E-state index contributed by atoms with van der Waals surface area (Å²) in [4.78, 5) is 15.0. The van der Waals surface area contributed by atoms with Gasteiger partial charge in [-0.2, -0.15) is 0 Å². The van der Waals surface area contributed by atoms with Crippen LogP contribution in [0.3, 0.4) is 0 Å². The smallest absolute Gasteiger partial charge is 0.226 e. The fourth-order valence-electron chi connectivity index (χ4n) is 3.04. The van der Waals surface area contributed by atoms with Crippen LogP contribution in [0.4, 0.5) is 0 Å². The van der Waals surface area contributed by atoms with Crippen LogP contribution in [0.15, 0.2) is 30.3 Å². The molecule has 0 aliphatic carbocycles. The molecule has 0 aromatic heterocycles. The molecule has 1 unspecified atom stereocenters. The Balaban J connectivity index is 0.00000242. The van der Waals surface area contributed by atoms with Crippen molar-refractivity contribution in [3.05, 3.63) is 35.9 Å². The van der Waals surface area contributed by atoms with Gasteiger partial charge in [-0.1, -0.05) is 37.3 Å². The lowest BCUT2D eigenvalue weighted by Gasteiger charge is -2.35. The summed E-state index contributed by atoms with van der Waals surface area (Å²) in [5.41, 5.74) is 1.22. The number of piperidine rings is 1. The van der Waals surface area contributed by atoms with Gasteiger partial charge in [0.2, 0.25) is 5.91 Å². The van der Waals surface area contributed by atoms with E-state index in [2.05, 4.69) is 43.1 Å². The molecule has 1 amide bonds. The molecule has 0 radical (unpaired) electrons. The molecule has 1 aromatic carbocycles. The normalized spacial score (nSPS) is 22.5. The predicted octanol–water partition coefficient (Wildman–Crippen LogP) is 3.62. The maximum absolute atomic E-state index is 12.9. The van der Waals surface area contributed by atoms with E-state index in [-0.39, 0.29) is 18.3 Å². The first-order chi connectivity index (χ1) is 10.1. The van der Waals surface area contributed by atoms with Crippen LogP contribution in [0, 0.1) is 5.92 Å². The molecule has 1 saturated heterocycles. The number of nitrogens with one attached hydrogen (secondary N) is 1. The largest absolute Gasteiger partial charge is 0.335 e. The van der Waals surface area contributed by atoms with Gasteiger partial charge in [-0.3, -0.25) is 4.79 Å². The van der Waals surface area contributed by atoms with E-state index >= 15 is 0 Å². The molecular weight excluding hydrogens is 296 g/mol. The third-order valence-corrected chi connectivity index (χ3v) is 4.57. The van der Waals surface area contributed by atoms with E-state index in [0.717, 1.165) is 32.4 Å². The second-order valence-electron chi connectivity index (χ2n) is 6.29. The first kappa shape index (κ1) is 19.0. The molecule has 1 N–H and O–H groups in total. The van der Waals surface area contributed by atoms with Crippen LogP contribution in [0.2, 0.25) is 0 Å². The molecule has 1 aliphatic heterocycles. The molecule has 0 spiro atoms. The maximum atomic E-state index is 12.9. The van der Waals surface area contributed by atoms with Crippen LogP contribution in [0.5, 0.6) is 0 Å². The average molecular weight is 325 g/mol. The minimum Gasteiger partial charge on any atom is -0.335 e. The molecular formula is C18H29ClN2O. The number of benzene rings is 1. The average Bonchev–Trinajstić information content (AvgIpc) is 2.52. The molecule has 4 heteroatoms. The highest BCUT2D eigenvalue weighted by Crippen LogP contribution is 2.22. The van der Waals surface area contributed by atoms with Crippen molar-refractivity contribution in [3.63, 3.8) is 0 Å². The number of halogens is 1. The number of carbonyl (C=O) groups excluding carboxylic acids is 1. The minimum atomic E-state index is 0. The molecule has 124 valence electrons. The van der Waals surface area contributed by atoms with Crippen LogP contribution in [0.1, 0.15) is 45.6 Å². The summed E-state index contributed by atoms with van der Waals surface area (Å²) in [6.45, 7) is 8.17. The molecule has 1 heterocycles. The van der Waals surface area contributed by atoms with Gasteiger partial charge in [-0.05, 0) is 45.2 Å². The third-order valence-electron chi connectivity index (χ3n) is 4.57. The zero-order valence-corrected chi connectivity index (χ0v) is 14.7. The predicted molar refractivity (Wildman–Crippen MR) is 94.2 cm³/mol. The Hall–Kier alpha value is -1.06. The molecule has 22 heavy (non-hydrogen) atoms. The summed E-state index contributed by atoms with van der Waals surface area (Å²) < 4.78 is 0. The van der Waals surface area contributed by atoms with Crippen LogP contribution in [-0.4, -0.2) is 29.4 Å². The van der Waals surface area contributed by atoms with Gasteiger partial charge in [0.05, 0.1) is 0 Å². The van der Waals surface area contributed by atoms with Crippen LogP contribution in [0.25, 0.3) is 0 Å². The van der Waals surface area contributed by atoms with Crippen molar-refractivity contribution < 1.29 is 4.79 Å². The Bertz CT molecular complexity index is 452. The van der Waals surface area contributed by atoms with Gasteiger partial charge in [0, 0.05) is 24.5 Å². The van der Waals surface area contributed by atoms with Crippen molar-refractivity contribution in [1.82, 2.24) is 10.2 Å². The van der Waals surface area contributed by atoms with Gasteiger partial charge < -0.3 is 10.2 Å². The van der Waals surface area contributed by atoms with Gasteiger partial charge in [0.1, 0.15) is 0 Å².